The fourth-order valence-corrected chi connectivity index (χ4v) is 3.03. The molecular formula is C5H12O15P3+. The zero-order chi connectivity index (χ0) is 18.8. The van der Waals surface area contributed by atoms with Crippen LogP contribution in [0.1, 0.15) is 0 Å². The minimum absolute atomic E-state index is 2.24. The standard InChI is InChI=1S/C5H11O15P3/c6-1(3(8)5(10)21(11,12)13)2(7)4(9)19-23(17,18)20-22(14,15)16/h1,3,5-6,8,10-13H,(H2-,14,15,16,17,18)/p+1/t1-,3-,5?/m0/s1. The summed E-state index contributed by atoms with van der Waals surface area (Å²) in [4.78, 5) is 73.5. The van der Waals surface area contributed by atoms with Gasteiger partial charge in [-0.1, -0.05) is 0 Å². The minimum Gasteiger partial charge on any atom is -0.383 e. The van der Waals surface area contributed by atoms with Crippen LogP contribution in [0.3, 0.4) is 0 Å². The highest BCUT2D eigenvalue weighted by atomic mass is 31.3. The monoisotopic (exact) mass is 405 g/mol. The Labute approximate surface area is 126 Å². The van der Waals surface area contributed by atoms with Gasteiger partial charge in [0.25, 0.3) is 11.6 Å². The summed E-state index contributed by atoms with van der Waals surface area (Å²) < 4.78 is 27.8. The van der Waals surface area contributed by atoms with Crippen LogP contribution in [0.5, 0.6) is 0 Å². The fourth-order valence-electron chi connectivity index (χ4n) is 0.945. The van der Waals surface area contributed by atoms with Crippen LogP contribution >= 0.6 is 23.6 Å². The lowest BCUT2D eigenvalue weighted by molar-refractivity contribution is -0.156. The van der Waals surface area contributed by atoms with Crippen molar-refractivity contribution in [3.05, 3.63) is 0 Å². The van der Waals surface area contributed by atoms with Crippen molar-refractivity contribution in [2.24, 2.45) is 0 Å². The van der Waals surface area contributed by atoms with E-state index in [1.165, 1.54) is 0 Å². The van der Waals surface area contributed by atoms with Crippen LogP contribution in [0.15, 0.2) is 0 Å². The van der Waals surface area contributed by atoms with E-state index in [0.29, 0.717) is 0 Å². The molecule has 0 amide bonds. The number of hydrogen-bond acceptors (Lipinski definition) is 12. The van der Waals surface area contributed by atoms with Crippen molar-refractivity contribution >= 4 is 35.3 Å². The highest BCUT2D eigenvalue weighted by Gasteiger charge is 2.52. The number of carbonyl (C=O) groups excluding carboxylic acids is 2. The van der Waals surface area contributed by atoms with E-state index in [1.807, 2.05) is 0 Å². The minimum atomic E-state index is -5.78. The molecule has 0 spiro atoms. The number of Topliss-reactive ketones (excluding diaryl/α,β-unsaturated/α-hetero) is 1. The number of phosphoric acid groups is 2. The lowest BCUT2D eigenvalue weighted by atomic mass is 10.1. The average Bonchev–Trinajstić information content (AvgIpc) is 2.30. The predicted molar refractivity (Wildman–Crippen MR) is 65.7 cm³/mol. The van der Waals surface area contributed by atoms with Crippen LogP contribution in [0.25, 0.3) is 0 Å². The summed E-state index contributed by atoms with van der Waals surface area (Å²) >= 11 is 0. The Morgan fingerprint density at radius 3 is 1.74 bits per heavy atom. The average molecular weight is 405 g/mol. The molecule has 2 unspecified atom stereocenters. The van der Waals surface area contributed by atoms with Gasteiger partial charge in [0, 0.05) is 0 Å². The third-order valence-corrected chi connectivity index (χ3v) is 4.95. The van der Waals surface area contributed by atoms with E-state index >= 15 is 0 Å². The van der Waals surface area contributed by atoms with Crippen molar-refractivity contribution in [1.29, 1.82) is 0 Å². The Morgan fingerprint density at radius 2 is 1.39 bits per heavy atom. The van der Waals surface area contributed by atoms with Gasteiger partial charge in [-0.05, 0) is 0 Å². The molecule has 9 N–H and O–H groups in total. The van der Waals surface area contributed by atoms with Gasteiger partial charge in [-0.25, -0.2) is 13.9 Å². The number of carbonyl (C=O) groups is 2. The third-order valence-electron chi connectivity index (χ3n) is 1.86. The van der Waals surface area contributed by atoms with Crippen LogP contribution in [-0.4, -0.2) is 74.5 Å². The molecule has 0 radical (unpaired) electrons. The van der Waals surface area contributed by atoms with Crippen molar-refractivity contribution in [2.75, 3.05) is 0 Å². The maximum absolute atomic E-state index is 11.2. The summed E-state index contributed by atoms with van der Waals surface area (Å²) in [5.41, 5.74) is 0. The molecule has 0 aliphatic heterocycles. The number of phosphoric ester groups is 1. The Balaban J connectivity index is 5.00. The van der Waals surface area contributed by atoms with E-state index in [1.54, 1.807) is 0 Å². The Morgan fingerprint density at radius 1 is 0.957 bits per heavy atom. The number of aliphatic hydroxyl groups excluding tert-OH is 3. The molecule has 0 heterocycles. The molecule has 23 heavy (non-hydrogen) atoms. The molecule has 18 heteroatoms. The first-order chi connectivity index (χ1) is 9.98. The number of aliphatic hydroxyl groups is 3. The first-order valence-electron chi connectivity index (χ1n) is 4.96. The Hall–Kier alpha value is -0.370. The lowest BCUT2D eigenvalue weighted by Gasteiger charge is -2.20. The van der Waals surface area contributed by atoms with E-state index in [2.05, 4.69) is 8.83 Å². The normalized spacial score (nSPS) is 19.3. The summed E-state index contributed by atoms with van der Waals surface area (Å²) in [5.74, 6) is -7.55. The third kappa shape index (κ3) is 7.83. The smallest absolute Gasteiger partial charge is 0.383 e. The van der Waals surface area contributed by atoms with Gasteiger partial charge in [0.2, 0.25) is 0 Å². The molecular weight excluding hydrogens is 393 g/mol. The SMILES string of the molecule is O=C(OP(=O)(O)OP(=O)(O)O)C(=O)[C@H](O)[C@H](O)C(O)[P+](O)(O)O. The summed E-state index contributed by atoms with van der Waals surface area (Å²) in [5, 5.41) is 27.3. The number of hydrogen-bond donors (Lipinski definition) is 9. The van der Waals surface area contributed by atoms with E-state index in [4.69, 9.17) is 39.6 Å². The van der Waals surface area contributed by atoms with Gasteiger partial charge in [0.05, 0.1) is 0 Å². The van der Waals surface area contributed by atoms with Crippen LogP contribution in [0.2, 0.25) is 0 Å². The van der Waals surface area contributed by atoms with Crippen LogP contribution in [-0.2, 0) is 27.6 Å². The molecule has 0 aliphatic rings. The lowest BCUT2D eigenvalue weighted by Crippen LogP contribution is -2.45. The van der Waals surface area contributed by atoms with Gasteiger partial charge in [-0.2, -0.15) is 19.0 Å². The van der Waals surface area contributed by atoms with Gasteiger partial charge in [-0.3, -0.25) is 9.69 Å². The molecule has 0 saturated carbocycles. The van der Waals surface area contributed by atoms with Crippen molar-refractivity contribution in [2.45, 2.75) is 18.1 Å². The Kier molecular flexibility index (Phi) is 7.55. The van der Waals surface area contributed by atoms with Gasteiger partial charge in [-0.15, -0.1) is 0 Å². The van der Waals surface area contributed by atoms with Crippen molar-refractivity contribution in [1.82, 2.24) is 0 Å². The molecule has 0 aromatic heterocycles. The second-order valence-corrected chi connectivity index (χ2v) is 8.26. The van der Waals surface area contributed by atoms with Crippen LogP contribution < -0.4 is 0 Å². The highest BCUT2D eigenvalue weighted by molar-refractivity contribution is 7.61. The molecule has 0 aromatic carbocycles. The summed E-state index contributed by atoms with van der Waals surface area (Å²) in [6, 6.07) is 0. The van der Waals surface area contributed by atoms with E-state index in [-0.39, 0.29) is 0 Å². The van der Waals surface area contributed by atoms with Gasteiger partial charge < -0.3 is 29.6 Å². The fraction of sp³-hybridized carbons (Fsp3) is 0.600. The van der Waals surface area contributed by atoms with Crippen molar-refractivity contribution in [3.8, 4) is 0 Å². The van der Waals surface area contributed by atoms with Gasteiger partial charge in [0.15, 0.2) is 12.2 Å². The van der Waals surface area contributed by atoms with E-state index < -0.39 is 53.4 Å². The molecule has 0 aromatic rings. The first kappa shape index (κ1) is 22.6. The molecule has 0 saturated heterocycles. The van der Waals surface area contributed by atoms with Crippen molar-refractivity contribution < 1.29 is 72.2 Å². The second-order valence-electron chi connectivity index (χ2n) is 3.75. The molecule has 15 nitrogen and oxygen atoms in total. The first-order valence-corrected chi connectivity index (χ1v) is 9.71. The Bertz CT molecular complexity index is 544. The molecule has 4 atom stereocenters. The van der Waals surface area contributed by atoms with Gasteiger partial charge in [0.1, 0.15) is 0 Å². The molecule has 0 fully saturated rings. The summed E-state index contributed by atoms with van der Waals surface area (Å²) in [7, 11) is -16.5. The maximum atomic E-state index is 11.2. The molecule has 0 bridgehead atoms. The maximum Gasteiger partial charge on any atom is 0.538 e. The molecule has 136 valence electrons. The van der Waals surface area contributed by atoms with Gasteiger partial charge >= 0.3 is 29.6 Å². The predicted octanol–water partition coefficient (Wildman–Crippen LogP) is -3.91. The quantitative estimate of drug-likeness (QED) is 0.138. The molecule has 0 rings (SSSR count). The van der Waals surface area contributed by atoms with E-state index in [9.17, 15) is 23.8 Å². The zero-order valence-corrected chi connectivity index (χ0v) is 13.2. The summed E-state index contributed by atoms with van der Waals surface area (Å²) in [6.45, 7) is 0. The number of ketones is 1. The van der Waals surface area contributed by atoms with E-state index in [0.717, 1.165) is 0 Å². The zero-order valence-electron chi connectivity index (χ0n) is 10.5. The van der Waals surface area contributed by atoms with Crippen molar-refractivity contribution in [3.63, 3.8) is 0 Å². The second kappa shape index (κ2) is 7.68. The number of rotatable bonds is 8. The highest BCUT2D eigenvalue weighted by Crippen LogP contribution is 2.57. The largest absolute Gasteiger partial charge is 0.538 e. The topological polar surface area (TPSA) is 269 Å². The summed E-state index contributed by atoms with van der Waals surface area (Å²) in [6.07, 6.45) is -5.79. The van der Waals surface area contributed by atoms with Crippen LogP contribution in [0, 0.1) is 0 Å². The molecule has 0 aliphatic carbocycles. The van der Waals surface area contributed by atoms with Crippen LogP contribution in [0.4, 0.5) is 0 Å².